The molecule has 1 aromatic rings. The summed E-state index contributed by atoms with van der Waals surface area (Å²) in [6.45, 7) is 6.89. The minimum atomic E-state index is 0.257. The van der Waals surface area contributed by atoms with Crippen LogP contribution in [-0.4, -0.2) is 17.8 Å². The quantitative estimate of drug-likeness (QED) is 0.768. The molecule has 16 heavy (non-hydrogen) atoms. The van der Waals surface area contributed by atoms with Crippen molar-refractivity contribution in [2.45, 2.75) is 45.7 Å². The molecule has 0 aromatic carbocycles. The number of hydrogen-bond acceptors (Lipinski definition) is 3. The molecule has 0 amide bonds. The van der Waals surface area contributed by atoms with Gasteiger partial charge in [0.15, 0.2) is 0 Å². The normalized spacial score (nSPS) is 15.3. The molecule has 2 atom stereocenters. The molecule has 0 saturated carbocycles. The van der Waals surface area contributed by atoms with E-state index in [0.717, 1.165) is 12.8 Å². The van der Waals surface area contributed by atoms with Crippen molar-refractivity contribution < 1.29 is 5.11 Å². The highest BCUT2D eigenvalue weighted by Gasteiger charge is 2.16. The minimum Gasteiger partial charge on any atom is -0.396 e. The molecule has 2 nitrogen and oxygen atoms in total. The summed E-state index contributed by atoms with van der Waals surface area (Å²) < 4.78 is 0. The Morgan fingerprint density at radius 1 is 1.38 bits per heavy atom. The standard InChI is InChI=1S/C13H23NOS/c1-10(2)9-12(13-5-4-8-16-13)14-11(3)6-7-15/h4-5,8,10-12,14-15H,6-7,9H2,1-3H3/t11-,12?/m1/s1. The van der Waals surface area contributed by atoms with Crippen LogP contribution in [0.3, 0.4) is 0 Å². The molecule has 0 saturated heterocycles. The zero-order chi connectivity index (χ0) is 12.0. The van der Waals surface area contributed by atoms with Gasteiger partial charge in [-0.25, -0.2) is 0 Å². The Hall–Kier alpha value is -0.380. The van der Waals surface area contributed by atoms with Crippen molar-refractivity contribution in [3.8, 4) is 0 Å². The Morgan fingerprint density at radius 2 is 2.12 bits per heavy atom. The number of aliphatic hydroxyl groups is 1. The molecule has 1 aromatic heterocycles. The second kappa shape index (κ2) is 7.05. The van der Waals surface area contributed by atoms with Crippen LogP contribution in [0, 0.1) is 5.92 Å². The maximum Gasteiger partial charge on any atom is 0.0445 e. The van der Waals surface area contributed by atoms with E-state index in [2.05, 4.69) is 43.6 Å². The van der Waals surface area contributed by atoms with Crippen molar-refractivity contribution in [2.24, 2.45) is 5.92 Å². The highest BCUT2D eigenvalue weighted by molar-refractivity contribution is 7.10. The highest BCUT2D eigenvalue weighted by atomic mass is 32.1. The Kier molecular flexibility index (Phi) is 6.03. The monoisotopic (exact) mass is 241 g/mol. The first-order valence-electron chi connectivity index (χ1n) is 6.03. The van der Waals surface area contributed by atoms with Crippen LogP contribution in [0.5, 0.6) is 0 Å². The molecule has 0 radical (unpaired) electrons. The molecule has 0 fully saturated rings. The Morgan fingerprint density at radius 3 is 2.62 bits per heavy atom. The average molecular weight is 241 g/mol. The first-order chi connectivity index (χ1) is 7.63. The first-order valence-corrected chi connectivity index (χ1v) is 6.91. The third-order valence-electron chi connectivity index (χ3n) is 2.64. The molecular formula is C13H23NOS. The smallest absolute Gasteiger partial charge is 0.0445 e. The van der Waals surface area contributed by atoms with Gasteiger partial charge in [-0.05, 0) is 37.1 Å². The molecule has 1 rings (SSSR count). The number of thiophene rings is 1. The Labute approximate surface area is 103 Å². The summed E-state index contributed by atoms with van der Waals surface area (Å²) in [6, 6.07) is 5.10. The summed E-state index contributed by atoms with van der Waals surface area (Å²) >= 11 is 1.81. The summed E-state index contributed by atoms with van der Waals surface area (Å²) in [4.78, 5) is 1.40. The van der Waals surface area contributed by atoms with Gasteiger partial charge in [-0.3, -0.25) is 0 Å². The van der Waals surface area contributed by atoms with Gasteiger partial charge in [0.1, 0.15) is 0 Å². The van der Waals surface area contributed by atoms with Crippen LogP contribution in [0.15, 0.2) is 17.5 Å². The fourth-order valence-corrected chi connectivity index (χ4v) is 2.65. The van der Waals surface area contributed by atoms with E-state index in [1.54, 1.807) is 0 Å². The molecule has 1 unspecified atom stereocenters. The molecule has 1 heterocycles. The van der Waals surface area contributed by atoms with Gasteiger partial charge in [0.2, 0.25) is 0 Å². The lowest BCUT2D eigenvalue weighted by Crippen LogP contribution is -2.31. The molecular weight excluding hydrogens is 218 g/mol. The molecule has 0 aliphatic carbocycles. The minimum absolute atomic E-state index is 0.257. The van der Waals surface area contributed by atoms with Crippen molar-refractivity contribution in [1.82, 2.24) is 5.32 Å². The number of rotatable bonds is 7. The maximum atomic E-state index is 8.92. The summed E-state index contributed by atoms with van der Waals surface area (Å²) in [5.41, 5.74) is 0. The fourth-order valence-electron chi connectivity index (χ4n) is 1.85. The zero-order valence-electron chi connectivity index (χ0n) is 10.4. The van der Waals surface area contributed by atoms with Gasteiger partial charge in [0.25, 0.3) is 0 Å². The van der Waals surface area contributed by atoms with Gasteiger partial charge < -0.3 is 10.4 Å². The van der Waals surface area contributed by atoms with E-state index < -0.39 is 0 Å². The van der Waals surface area contributed by atoms with Crippen LogP contribution in [0.2, 0.25) is 0 Å². The topological polar surface area (TPSA) is 32.3 Å². The van der Waals surface area contributed by atoms with Crippen LogP contribution >= 0.6 is 11.3 Å². The van der Waals surface area contributed by atoms with Gasteiger partial charge in [-0.15, -0.1) is 11.3 Å². The lowest BCUT2D eigenvalue weighted by atomic mass is 10.0. The van der Waals surface area contributed by atoms with Gasteiger partial charge in [0, 0.05) is 23.6 Å². The maximum absolute atomic E-state index is 8.92. The molecule has 0 bridgehead atoms. The third-order valence-corrected chi connectivity index (χ3v) is 3.63. The number of aliphatic hydroxyl groups excluding tert-OH is 1. The van der Waals surface area contributed by atoms with Crippen LogP contribution in [-0.2, 0) is 0 Å². The SMILES string of the molecule is CC(C)CC(N[C@H](C)CCO)c1cccs1. The molecule has 0 aliphatic rings. The molecule has 0 spiro atoms. The van der Waals surface area contributed by atoms with Gasteiger partial charge in [-0.1, -0.05) is 19.9 Å². The second-order valence-electron chi connectivity index (χ2n) is 4.78. The van der Waals surface area contributed by atoms with Crippen molar-refractivity contribution in [3.63, 3.8) is 0 Å². The molecule has 92 valence electrons. The van der Waals surface area contributed by atoms with E-state index in [9.17, 15) is 0 Å². The summed E-state index contributed by atoms with van der Waals surface area (Å²) in [6.07, 6.45) is 1.97. The van der Waals surface area contributed by atoms with E-state index >= 15 is 0 Å². The van der Waals surface area contributed by atoms with Crippen molar-refractivity contribution >= 4 is 11.3 Å². The summed E-state index contributed by atoms with van der Waals surface area (Å²) in [7, 11) is 0. The van der Waals surface area contributed by atoms with Crippen LogP contribution in [0.4, 0.5) is 0 Å². The number of hydrogen-bond donors (Lipinski definition) is 2. The molecule has 2 N–H and O–H groups in total. The predicted octanol–water partition coefficient (Wildman–Crippen LogP) is 3.20. The number of nitrogens with one attached hydrogen (secondary N) is 1. The molecule has 0 aliphatic heterocycles. The van der Waals surface area contributed by atoms with Crippen molar-refractivity contribution in [3.05, 3.63) is 22.4 Å². The van der Waals surface area contributed by atoms with E-state index in [1.165, 1.54) is 4.88 Å². The second-order valence-corrected chi connectivity index (χ2v) is 5.76. The first kappa shape index (κ1) is 13.7. The lowest BCUT2D eigenvalue weighted by molar-refractivity contribution is 0.259. The Balaban J connectivity index is 2.57. The highest BCUT2D eigenvalue weighted by Crippen LogP contribution is 2.25. The van der Waals surface area contributed by atoms with Gasteiger partial charge >= 0.3 is 0 Å². The van der Waals surface area contributed by atoms with Gasteiger partial charge in [-0.2, -0.15) is 0 Å². The molecule has 3 heteroatoms. The van der Waals surface area contributed by atoms with E-state index in [0.29, 0.717) is 18.0 Å². The van der Waals surface area contributed by atoms with E-state index in [4.69, 9.17) is 5.11 Å². The fraction of sp³-hybridized carbons (Fsp3) is 0.692. The summed E-state index contributed by atoms with van der Waals surface area (Å²) in [5, 5.41) is 14.7. The predicted molar refractivity (Wildman–Crippen MR) is 70.8 cm³/mol. The van der Waals surface area contributed by atoms with E-state index in [1.807, 2.05) is 11.3 Å². The van der Waals surface area contributed by atoms with Crippen LogP contribution < -0.4 is 5.32 Å². The zero-order valence-corrected chi connectivity index (χ0v) is 11.3. The van der Waals surface area contributed by atoms with Crippen LogP contribution in [0.25, 0.3) is 0 Å². The van der Waals surface area contributed by atoms with Crippen LogP contribution in [0.1, 0.15) is 44.5 Å². The van der Waals surface area contributed by atoms with Crippen molar-refractivity contribution in [2.75, 3.05) is 6.61 Å². The van der Waals surface area contributed by atoms with E-state index in [-0.39, 0.29) is 6.61 Å². The lowest BCUT2D eigenvalue weighted by Gasteiger charge is -2.23. The largest absolute Gasteiger partial charge is 0.396 e. The average Bonchev–Trinajstić information content (AvgIpc) is 2.68. The van der Waals surface area contributed by atoms with Gasteiger partial charge in [0.05, 0.1) is 0 Å². The Bertz CT molecular complexity index is 271. The van der Waals surface area contributed by atoms with Crippen molar-refractivity contribution in [1.29, 1.82) is 0 Å². The summed E-state index contributed by atoms with van der Waals surface area (Å²) in [5.74, 6) is 0.681. The third kappa shape index (κ3) is 4.64.